The number of rotatable bonds is 6. The van der Waals surface area contributed by atoms with Gasteiger partial charge in [-0.25, -0.2) is 0 Å². The minimum absolute atomic E-state index is 0. The number of nitrogens with one attached hydrogen (secondary N) is 2. The Morgan fingerprint density at radius 1 is 1.07 bits per heavy atom. The van der Waals surface area contributed by atoms with E-state index in [4.69, 9.17) is 5.73 Å². The molecule has 3 rings (SSSR count). The van der Waals surface area contributed by atoms with Crippen LogP contribution in [0.5, 0.6) is 0 Å². The molecule has 0 unspecified atom stereocenters. The van der Waals surface area contributed by atoms with Gasteiger partial charge >= 0.3 is 0 Å². The zero-order chi connectivity index (χ0) is 20.3. The summed E-state index contributed by atoms with van der Waals surface area (Å²) < 4.78 is 0. The first-order valence-corrected chi connectivity index (χ1v) is 9.17. The Hall–Kier alpha value is -2.90. The molecule has 0 aliphatic carbocycles. The molecule has 0 saturated heterocycles. The molecule has 7 nitrogen and oxygen atoms in total. The number of amides is 3. The third kappa shape index (κ3) is 4.58. The Morgan fingerprint density at radius 3 is 2.31 bits per heavy atom. The number of likely N-dealkylation sites (N-methyl/N-ethyl adjacent to an activating group) is 1. The number of para-hydroxylation sites is 1. The number of benzene rings is 2. The Balaban J connectivity index is 0.00000300. The number of carbonyl (C=O) groups is 3. The number of hydrogen-bond acceptors (Lipinski definition) is 4. The minimum Gasteiger partial charge on any atom is -0.368 e. The molecular formula is C21H25ClN4O3. The van der Waals surface area contributed by atoms with E-state index in [9.17, 15) is 14.4 Å². The van der Waals surface area contributed by atoms with Crippen LogP contribution in [0.4, 0.5) is 5.69 Å². The molecule has 0 bridgehead atoms. The molecule has 0 fully saturated rings. The van der Waals surface area contributed by atoms with E-state index in [2.05, 4.69) is 10.6 Å². The van der Waals surface area contributed by atoms with Gasteiger partial charge in [-0.15, -0.1) is 12.4 Å². The van der Waals surface area contributed by atoms with Crippen LogP contribution >= 0.6 is 12.4 Å². The number of fused-ring (bicyclic) bond motifs is 1. The second-order valence-corrected chi connectivity index (χ2v) is 6.82. The van der Waals surface area contributed by atoms with Gasteiger partial charge in [0.1, 0.15) is 12.1 Å². The quantitative estimate of drug-likeness (QED) is 0.660. The number of carbonyl (C=O) groups excluding carboxylic acids is 3. The predicted octanol–water partition coefficient (Wildman–Crippen LogP) is 1.32. The van der Waals surface area contributed by atoms with E-state index in [0.717, 1.165) is 5.56 Å². The summed E-state index contributed by atoms with van der Waals surface area (Å²) in [7, 11) is 1.67. The second-order valence-electron chi connectivity index (χ2n) is 6.82. The standard InChI is InChI=1S/C21H24N4O3.ClH/c1-13(23-2)20(27)24-18(14-8-4-3-5-9-14)21(28)25-16-11-7-6-10-15(16)12-17(25)19(22)26;/h3-11,13,17-18,23H,12H2,1-2H3,(H2,22,26)(H,24,27);1H/t13-,17-,18-;/m0./s1. The van der Waals surface area contributed by atoms with Gasteiger partial charge in [0.25, 0.3) is 5.91 Å². The van der Waals surface area contributed by atoms with Crippen LogP contribution in [0.3, 0.4) is 0 Å². The molecule has 1 aliphatic rings. The van der Waals surface area contributed by atoms with E-state index in [-0.39, 0.29) is 18.3 Å². The molecular weight excluding hydrogens is 392 g/mol. The zero-order valence-corrected chi connectivity index (χ0v) is 17.1. The van der Waals surface area contributed by atoms with Crippen molar-refractivity contribution in [1.29, 1.82) is 0 Å². The lowest BCUT2D eigenvalue weighted by Gasteiger charge is -2.29. The molecule has 0 radical (unpaired) electrons. The van der Waals surface area contributed by atoms with Crippen LogP contribution in [0, 0.1) is 0 Å². The fourth-order valence-corrected chi connectivity index (χ4v) is 3.36. The Bertz CT molecular complexity index is 891. The maximum atomic E-state index is 13.6. The fraction of sp³-hybridized carbons (Fsp3) is 0.286. The summed E-state index contributed by atoms with van der Waals surface area (Å²) >= 11 is 0. The van der Waals surface area contributed by atoms with E-state index in [1.165, 1.54) is 4.90 Å². The fourth-order valence-electron chi connectivity index (χ4n) is 3.36. The van der Waals surface area contributed by atoms with Crippen LogP contribution in [0.15, 0.2) is 54.6 Å². The summed E-state index contributed by atoms with van der Waals surface area (Å²) in [5.74, 6) is -1.28. The minimum atomic E-state index is -0.933. The van der Waals surface area contributed by atoms with Gasteiger partial charge in [0, 0.05) is 12.1 Å². The summed E-state index contributed by atoms with van der Waals surface area (Å²) in [6, 6.07) is 14.1. The van der Waals surface area contributed by atoms with Crippen LogP contribution in [-0.4, -0.2) is 36.9 Å². The van der Waals surface area contributed by atoms with Gasteiger partial charge in [0.05, 0.1) is 6.04 Å². The van der Waals surface area contributed by atoms with Crippen LogP contribution in [0.25, 0.3) is 0 Å². The van der Waals surface area contributed by atoms with Gasteiger partial charge in [-0.2, -0.15) is 0 Å². The van der Waals surface area contributed by atoms with Crippen molar-refractivity contribution in [3.63, 3.8) is 0 Å². The number of nitrogens with zero attached hydrogens (tertiary/aromatic N) is 1. The lowest BCUT2D eigenvalue weighted by atomic mass is 10.0. The van der Waals surface area contributed by atoms with E-state index >= 15 is 0 Å². The van der Waals surface area contributed by atoms with E-state index in [1.807, 2.05) is 24.3 Å². The van der Waals surface area contributed by atoms with Crippen molar-refractivity contribution in [3.8, 4) is 0 Å². The summed E-state index contributed by atoms with van der Waals surface area (Å²) in [6.45, 7) is 1.71. The van der Waals surface area contributed by atoms with Gasteiger partial charge in [0.2, 0.25) is 11.8 Å². The van der Waals surface area contributed by atoms with Crippen molar-refractivity contribution in [2.24, 2.45) is 5.73 Å². The summed E-state index contributed by atoms with van der Waals surface area (Å²) in [4.78, 5) is 39.5. The Morgan fingerprint density at radius 2 is 1.69 bits per heavy atom. The first-order chi connectivity index (χ1) is 13.4. The van der Waals surface area contributed by atoms with Crippen molar-refractivity contribution >= 4 is 35.8 Å². The van der Waals surface area contributed by atoms with Crippen molar-refractivity contribution in [3.05, 3.63) is 65.7 Å². The first-order valence-electron chi connectivity index (χ1n) is 9.17. The van der Waals surface area contributed by atoms with Crippen LogP contribution < -0.4 is 21.3 Å². The van der Waals surface area contributed by atoms with Crippen molar-refractivity contribution in [2.75, 3.05) is 11.9 Å². The number of nitrogens with two attached hydrogens (primary N) is 1. The van der Waals surface area contributed by atoms with E-state index < -0.39 is 29.9 Å². The topological polar surface area (TPSA) is 105 Å². The monoisotopic (exact) mass is 416 g/mol. The first kappa shape index (κ1) is 22.4. The molecule has 1 aliphatic heterocycles. The molecule has 154 valence electrons. The number of hydrogen-bond donors (Lipinski definition) is 3. The Labute approximate surface area is 176 Å². The molecule has 8 heteroatoms. The molecule has 1 heterocycles. The predicted molar refractivity (Wildman–Crippen MR) is 114 cm³/mol. The highest BCUT2D eigenvalue weighted by molar-refractivity contribution is 6.06. The molecule has 0 saturated carbocycles. The summed E-state index contributed by atoms with van der Waals surface area (Å²) in [5, 5.41) is 5.67. The van der Waals surface area contributed by atoms with Crippen LogP contribution in [0.2, 0.25) is 0 Å². The highest BCUT2D eigenvalue weighted by atomic mass is 35.5. The van der Waals surface area contributed by atoms with E-state index in [0.29, 0.717) is 17.7 Å². The van der Waals surface area contributed by atoms with Gasteiger partial charge in [0.15, 0.2) is 0 Å². The molecule has 3 amide bonds. The SMILES string of the molecule is CN[C@@H](C)C(=O)N[C@H](C(=O)N1c2ccccc2C[C@H]1C(N)=O)c1ccccc1.Cl. The second kappa shape index (κ2) is 9.54. The lowest BCUT2D eigenvalue weighted by Crippen LogP contribution is -2.52. The van der Waals surface area contributed by atoms with Crippen LogP contribution in [0.1, 0.15) is 24.1 Å². The average molecular weight is 417 g/mol. The molecule has 2 aromatic rings. The van der Waals surface area contributed by atoms with Crippen molar-refractivity contribution in [2.45, 2.75) is 31.5 Å². The van der Waals surface area contributed by atoms with E-state index in [1.54, 1.807) is 44.3 Å². The number of anilines is 1. The zero-order valence-electron chi connectivity index (χ0n) is 16.3. The maximum Gasteiger partial charge on any atom is 0.254 e. The van der Waals surface area contributed by atoms with Gasteiger partial charge in [-0.3, -0.25) is 19.3 Å². The highest BCUT2D eigenvalue weighted by Crippen LogP contribution is 2.34. The Kier molecular flexibility index (Phi) is 7.36. The largest absolute Gasteiger partial charge is 0.368 e. The molecule has 0 spiro atoms. The normalized spacial score (nSPS) is 16.9. The summed E-state index contributed by atoms with van der Waals surface area (Å²) in [5.41, 5.74) is 7.74. The summed E-state index contributed by atoms with van der Waals surface area (Å²) in [6.07, 6.45) is 0.361. The maximum absolute atomic E-state index is 13.6. The van der Waals surface area contributed by atoms with Crippen molar-refractivity contribution < 1.29 is 14.4 Å². The third-order valence-electron chi connectivity index (χ3n) is 5.03. The smallest absolute Gasteiger partial charge is 0.254 e. The molecule has 3 atom stereocenters. The van der Waals surface area contributed by atoms with Crippen LogP contribution in [-0.2, 0) is 20.8 Å². The average Bonchev–Trinajstić information content (AvgIpc) is 3.11. The molecule has 0 aromatic heterocycles. The molecule has 2 aromatic carbocycles. The van der Waals surface area contributed by atoms with Gasteiger partial charge in [-0.1, -0.05) is 48.5 Å². The molecule has 4 N–H and O–H groups in total. The van der Waals surface area contributed by atoms with Gasteiger partial charge in [-0.05, 0) is 31.2 Å². The molecule has 29 heavy (non-hydrogen) atoms. The van der Waals surface area contributed by atoms with Gasteiger partial charge < -0.3 is 16.4 Å². The number of primary amides is 1. The third-order valence-corrected chi connectivity index (χ3v) is 5.03. The number of halogens is 1. The highest BCUT2D eigenvalue weighted by Gasteiger charge is 2.40. The van der Waals surface area contributed by atoms with Crippen molar-refractivity contribution in [1.82, 2.24) is 10.6 Å². The lowest BCUT2D eigenvalue weighted by molar-refractivity contribution is -0.129.